The fraction of sp³-hybridized carbons (Fsp3) is 0.211. The van der Waals surface area contributed by atoms with Crippen LogP contribution in [0.1, 0.15) is 39.1 Å². The minimum atomic E-state index is -4.41. The number of hydrogen-bond acceptors (Lipinski definition) is 5. The first-order valence-corrected chi connectivity index (χ1v) is 8.96. The van der Waals surface area contributed by atoms with Crippen LogP contribution in [0.5, 0.6) is 0 Å². The predicted octanol–water partition coefficient (Wildman–Crippen LogP) is 4.39. The molecule has 0 radical (unpaired) electrons. The number of anilines is 1. The van der Waals surface area contributed by atoms with Crippen LogP contribution in [0.25, 0.3) is 0 Å². The third kappa shape index (κ3) is 4.53. The van der Waals surface area contributed by atoms with Crippen molar-refractivity contribution >= 4 is 35.1 Å². The van der Waals surface area contributed by atoms with E-state index in [0.29, 0.717) is 16.8 Å². The van der Waals surface area contributed by atoms with E-state index >= 15 is 0 Å². The second kappa shape index (κ2) is 7.67. The average Bonchev–Trinajstić information content (AvgIpc) is 2.92. The summed E-state index contributed by atoms with van der Waals surface area (Å²) in [5.74, 6) is -1.80. The molecule has 1 aliphatic heterocycles. The number of rotatable bonds is 5. The van der Waals surface area contributed by atoms with E-state index in [-0.39, 0.29) is 34.0 Å². The van der Waals surface area contributed by atoms with Crippen LogP contribution in [0.2, 0.25) is 0 Å². The summed E-state index contributed by atoms with van der Waals surface area (Å²) in [4.78, 5) is 35.9. The SMILES string of the molecule is C[C@H]1C(=O)Nc2ccc(C(=O)COC(=O)c3ccc(SC(F)(F)F)cc3)cc21. The zero-order chi connectivity index (χ0) is 20.5. The van der Waals surface area contributed by atoms with Gasteiger partial charge in [0.1, 0.15) is 0 Å². The molecule has 0 saturated carbocycles. The van der Waals surface area contributed by atoms with Crippen LogP contribution in [0.4, 0.5) is 18.9 Å². The highest BCUT2D eigenvalue weighted by Crippen LogP contribution is 2.36. The van der Waals surface area contributed by atoms with Gasteiger partial charge < -0.3 is 10.1 Å². The molecule has 1 aliphatic rings. The largest absolute Gasteiger partial charge is 0.454 e. The van der Waals surface area contributed by atoms with Gasteiger partial charge >= 0.3 is 11.5 Å². The lowest BCUT2D eigenvalue weighted by molar-refractivity contribution is -0.116. The molecular weight excluding hydrogens is 395 g/mol. The molecule has 1 N–H and O–H groups in total. The zero-order valence-electron chi connectivity index (χ0n) is 14.5. The van der Waals surface area contributed by atoms with Crippen LogP contribution in [-0.2, 0) is 9.53 Å². The minimum Gasteiger partial charge on any atom is -0.454 e. The predicted molar refractivity (Wildman–Crippen MR) is 96.5 cm³/mol. The lowest BCUT2D eigenvalue weighted by Gasteiger charge is -2.08. The zero-order valence-corrected chi connectivity index (χ0v) is 15.3. The highest BCUT2D eigenvalue weighted by molar-refractivity contribution is 8.00. The van der Waals surface area contributed by atoms with Crippen molar-refractivity contribution in [3.8, 4) is 0 Å². The first-order valence-electron chi connectivity index (χ1n) is 8.15. The first kappa shape index (κ1) is 19.9. The number of halogens is 3. The van der Waals surface area contributed by atoms with Crippen molar-refractivity contribution in [2.24, 2.45) is 0 Å². The lowest BCUT2D eigenvalue weighted by atomic mass is 9.99. The number of esters is 1. The summed E-state index contributed by atoms with van der Waals surface area (Å²) in [6.45, 7) is 1.20. The summed E-state index contributed by atoms with van der Waals surface area (Å²) in [5, 5.41) is 2.70. The van der Waals surface area contributed by atoms with E-state index in [4.69, 9.17) is 4.74 Å². The second-order valence-corrected chi connectivity index (χ2v) is 7.22. The highest BCUT2D eigenvalue weighted by Gasteiger charge is 2.29. The van der Waals surface area contributed by atoms with Crippen LogP contribution in [0.3, 0.4) is 0 Å². The Bertz CT molecular complexity index is 941. The molecule has 1 amide bonds. The molecule has 3 rings (SSSR count). The summed E-state index contributed by atoms with van der Waals surface area (Å²) >= 11 is -0.289. The van der Waals surface area contributed by atoms with E-state index in [1.807, 2.05) is 0 Å². The van der Waals surface area contributed by atoms with Gasteiger partial charge in [0.25, 0.3) is 0 Å². The van der Waals surface area contributed by atoms with E-state index in [1.165, 1.54) is 18.2 Å². The molecule has 5 nitrogen and oxygen atoms in total. The smallest absolute Gasteiger partial charge is 0.446 e. The van der Waals surface area contributed by atoms with Crippen molar-refractivity contribution in [3.63, 3.8) is 0 Å². The molecule has 28 heavy (non-hydrogen) atoms. The molecule has 1 heterocycles. The molecule has 0 unspecified atom stereocenters. The molecular formula is C19H14F3NO4S. The Hall–Kier alpha value is -2.81. The van der Waals surface area contributed by atoms with Gasteiger partial charge in [0.2, 0.25) is 5.91 Å². The van der Waals surface area contributed by atoms with E-state index in [2.05, 4.69) is 5.32 Å². The maximum Gasteiger partial charge on any atom is 0.446 e. The molecule has 0 bridgehead atoms. The number of ether oxygens (including phenoxy) is 1. The van der Waals surface area contributed by atoms with Crippen LogP contribution in [-0.4, -0.2) is 29.8 Å². The van der Waals surface area contributed by atoms with Gasteiger partial charge in [-0.3, -0.25) is 9.59 Å². The maximum atomic E-state index is 12.3. The Labute approximate surface area is 162 Å². The van der Waals surface area contributed by atoms with Gasteiger partial charge in [0.05, 0.1) is 11.5 Å². The summed E-state index contributed by atoms with van der Waals surface area (Å²) in [6.07, 6.45) is 0. The van der Waals surface area contributed by atoms with Crippen molar-refractivity contribution in [2.75, 3.05) is 11.9 Å². The quantitative estimate of drug-likeness (QED) is 0.450. The summed E-state index contributed by atoms with van der Waals surface area (Å²) in [6, 6.07) is 9.44. The standard InChI is InChI=1S/C19H14F3NO4S/c1-10-14-8-12(4-7-15(14)23-17(10)25)16(24)9-27-18(26)11-2-5-13(6-3-11)28-19(20,21)22/h2-8,10H,9H2,1H3,(H,23,25)/t10-/m1/s1. The Kier molecular flexibility index (Phi) is 5.46. The van der Waals surface area contributed by atoms with E-state index in [0.717, 1.165) is 12.1 Å². The number of hydrogen-bond donors (Lipinski definition) is 1. The van der Waals surface area contributed by atoms with Crippen molar-refractivity contribution in [1.82, 2.24) is 0 Å². The molecule has 1 atom stereocenters. The van der Waals surface area contributed by atoms with E-state index in [9.17, 15) is 27.6 Å². The minimum absolute atomic E-state index is 0.0386. The number of alkyl halides is 3. The van der Waals surface area contributed by atoms with Crippen LogP contribution in [0.15, 0.2) is 47.4 Å². The van der Waals surface area contributed by atoms with Crippen LogP contribution >= 0.6 is 11.8 Å². The fourth-order valence-electron chi connectivity index (χ4n) is 2.68. The van der Waals surface area contributed by atoms with Gasteiger partial charge in [-0.05, 0) is 66.7 Å². The van der Waals surface area contributed by atoms with Gasteiger partial charge in [0, 0.05) is 16.1 Å². The Morgan fingerprint density at radius 3 is 2.39 bits per heavy atom. The van der Waals surface area contributed by atoms with E-state index < -0.39 is 23.9 Å². The molecule has 9 heteroatoms. The van der Waals surface area contributed by atoms with Gasteiger partial charge in [-0.15, -0.1) is 0 Å². The molecule has 0 spiro atoms. The average molecular weight is 409 g/mol. The Balaban J connectivity index is 1.60. The van der Waals surface area contributed by atoms with Crippen molar-refractivity contribution in [3.05, 3.63) is 59.2 Å². The number of benzene rings is 2. The number of fused-ring (bicyclic) bond motifs is 1. The van der Waals surface area contributed by atoms with Gasteiger partial charge in [-0.1, -0.05) is 0 Å². The molecule has 0 saturated heterocycles. The highest BCUT2D eigenvalue weighted by atomic mass is 32.2. The summed E-state index contributed by atoms with van der Waals surface area (Å²) < 4.78 is 41.9. The van der Waals surface area contributed by atoms with Crippen molar-refractivity contribution in [2.45, 2.75) is 23.2 Å². The normalized spacial score (nSPS) is 15.7. The van der Waals surface area contributed by atoms with Crippen molar-refractivity contribution < 1.29 is 32.3 Å². The van der Waals surface area contributed by atoms with Gasteiger partial charge in [-0.25, -0.2) is 4.79 Å². The van der Waals surface area contributed by atoms with Gasteiger partial charge in [-0.2, -0.15) is 13.2 Å². The number of carbonyl (C=O) groups is 3. The fourth-order valence-corrected chi connectivity index (χ4v) is 3.22. The number of thioether (sulfide) groups is 1. The molecule has 146 valence electrons. The number of ketones is 1. The molecule has 0 aromatic heterocycles. The Morgan fingerprint density at radius 1 is 1.11 bits per heavy atom. The third-order valence-corrected chi connectivity index (χ3v) is 4.89. The number of nitrogens with one attached hydrogen (secondary N) is 1. The molecule has 0 aliphatic carbocycles. The summed E-state index contributed by atoms with van der Waals surface area (Å²) in [7, 11) is 0. The first-order chi connectivity index (χ1) is 13.1. The monoisotopic (exact) mass is 409 g/mol. The van der Waals surface area contributed by atoms with Crippen LogP contribution in [0, 0.1) is 0 Å². The van der Waals surface area contributed by atoms with Crippen molar-refractivity contribution in [1.29, 1.82) is 0 Å². The van der Waals surface area contributed by atoms with E-state index in [1.54, 1.807) is 19.1 Å². The lowest BCUT2D eigenvalue weighted by Crippen LogP contribution is -2.14. The third-order valence-electron chi connectivity index (χ3n) is 4.15. The van der Waals surface area contributed by atoms with Gasteiger partial charge in [0.15, 0.2) is 12.4 Å². The molecule has 2 aromatic carbocycles. The molecule has 0 fully saturated rings. The topological polar surface area (TPSA) is 72.5 Å². The van der Waals surface area contributed by atoms with Crippen LogP contribution < -0.4 is 5.32 Å². The maximum absolute atomic E-state index is 12.3. The number of Topliss-reactive ketones (excluding diaryl/α,β-unsaturated/α-hetero) is 1. The summed E-state index contributed by atoms with van der Waals surface area (Å²) in [5.41, 5.74) is -2.74. The number of carbonyl (C=O) groups excluding carboxylic acids is 3. The second-order valence-electron chi connectivity index (χ2n) is 6.08. The number of amides is 1. The Morgan fingerprint density at radius 2 is 1.75 bits per heavy atom. The molecule has 2 aromatic rings.